The molecule has 0 radical (unpaired) electrons. The summed E-state index contributed by atoms with van der Waals surface area (Å²) >= 11 is 0. The molecule has 4 heteroatoms. The standard InChI is InChI=1S/C18H28N2O2/c1-14-6-4-5-7-17(14)19-18(21)13-20(2)12-15-8-10-16(22-3)11-9-15/h8-11,14,17H,4-7,12-13H2,1-3H3,(H,19,21)/t14-,17-/m0/s1. The molecule has 0 spiro atoms. The number of hydrogen-bond donors (Lipinski definition) is 1. The van der Waals surface area contributed by atoms with Gasteiger partial charge in [-0.3, -0.25) is 9.69 Å². The van der Waals surface area contributed by atoms with E-state index in [4.69, 9.17) is 4.74 Å². The summed E-state index contributed by atoms with van der Waals surface area (Å²) in [5.41, 5.74) is 1.18. The Hall–Kier alpha value is -1.55. The lowest BCUT2D eigenvalue weighted by molar-refractivity contribution is -0.123. The lowest BCUT2D eigenvalue weighted by Gasteiger charge is -2.30. The zero-order valence-corrected chi connectivity index (χ0v) is 14.0. The average Bonchev–Trinajstić information content (AvgIpc) is 2.50. The molecule has 1 amide bonds. The van der Waals surface area contributed by atoms with Crippen molar-refractivity contribution in [3.63, 3.8) is 0 Å². The van der Waals surface area contributed by atoms with Gasteiger partial charge in [0.25, 0.3) is 0 Å². The van der Waals surface area contributed by atoms with Crippen LogP contribution in [0.4, 0.5) is 0 Å². The fourth-order valence-corrected chi connectivity index (χ4v) is 3.13. The third-order valence-corrected chi connectivity index (χ3v) is 4.48. The molecule has 1 saturated carbocycles. The predicted octanol–water partition coefficient (Wildman–Crippen LogP) is 2.82. The summed E-state index contributed by atoms with van der Waals surface area (Å²) in [6.45, 7) is 3.44. The number of amides is 1. The first-order chi connectivity index (χ1) is 10.6. The van der Waals surface area contributed by atoms with Crippen molar-refractivity contribution in [1.82, 2.24) is 10.2 Å². The SMILES string of the molecule is COc1ccc(CN(C)CC(=O)N[C@H]2CCCC[C@@H]2C)cc1. The second-order valence-electron chi connectivity index (χ2n) is 6.46. The lowest BCUT2D eigenvalue weighted by atomic mass is 9.86. The van der Waals surface area contributed by atoms with Crippen molar-refractivity contribution >= 4 is 5.91 Å². The second kappa shape index (κ2) is 8.18. The molecule has 1 aromatic rings. The van der Waals surface area contributed by atoms with E-state index in [0.29, 0.717) is 18.5 Å². The number of likely N-dealkylation sites (N-methyl/N-ethyl adjacent to an activating group) is 1. The molecular formula is C18H28N2O2. The first-order valence-corrected chi connectivity index (χ1v) is 8.19. The molecule has 0 heterocycles. The zero-order chi connectivity index (χ0) is 15.9. The van der Waals surface area contributed by atoms with Gasteiger partial charge in [0.2, 0.25) is 5.91 Å². The molecule has 1 aliphatic carbocycles. The molecule has 0 bridgehead atoms. The van der Waals surface area contributed by atoms with E-state index in [-0.39, 0.29) is 5.91 Å². The van der Waals surface area contributed by atoms with Crippen LogP contribution in [0.5, 0.6) is 5.75 Å². The predicted molar refractivity (Wildman–Crippen MR) is 88.9 cm³/mol. The number of nitrogens with zero attached hydrogens (tertiary/aromatic N) is 1. The Bertz CT molecular complexity index is 472. The van der Waals surface area contributed by atoms with Gasteiger partial charge in [0.15, 0.2) is 0 Å². The van der Waals surface area contributed by atoms with Crippen LogP contribution in [0.15, 0.2) is 24.3 Å². The Morgan fingerprint density at radius 3 is 2.59 bits per heavy atom. The van der Waals surface area contributed by atoms with Gasteiger partial charge >= 0.3 is 0 Å². The summed E-state index contributed by atoms with van der Waals surface area (Å²) in [5.74, 6) is 1.59. The quantitative estimate of drug-likeness (QED) is 0.878. The van der Waals surface area contributed by atoms with Gasteiger partial charge in [-0.05, 0) is 43.5 Å². The highest BCUT2D eigenvalue weighted by Gasteiger charge is 2.22. The first kappa shape index (κ1) is 16.8. The van der Waals surface area contributed by atoms with Gasteiger partial charge in [-0.2, -0.15) is 0 Å². The second-order valence-corrected chi connectivity index (χ2v) is 6.46. The van der Waals surface area contributed by atoms with Crippen LogP contribution in [0.25, 0.3) is 0 Å². The van der Waals surface area contributed by atoms with Crippen molar-refractivity contribution in [2.24, 2.45) is 5.92 Å². The van der Waals surface area contributed by atoms with Crippen LogP contribution in [0.1, 0.15) is 38.2 Å². The van der Waals surface area contributed by atoms with Gasteiger partial charge in [0, 0.05) is 12.6 Å². The minimum Gasteiger partial charge on any atom is -0.497 e. The van der Waals surface area contributed by atoms with Crippen LogP contribution < -0.4 is 10.1 Å². The molecule has 1 fully saturated rings. The summed E-state index contributed by atoms with van der Waals surface area (Å²) in [4.78, 5) is 14.2. The van der Waals surface area contributed by atoms with Gasteiger partial charge in [0.1, 0.15) is 5.75 Å². The normalized spacial score (nSPS) is 21.6. The third kappa shape index (κ3) is 5.02. The molecule has 22 heavy (non-hydrogen) atoms. The number of methoxy groups -OCH3 is 1. The Kier molecular flexibility index (Phi) is 6.25. The zero-order valence-electron chi connectivity index (χ0n) is 14.0. The average molecular weight is 304 g/mol. The maximum atomic E-state index is 12.2. The maximum Gasteiger partial charge on any atom is 0.234 e. The van der Waals surface area contributed by atoms with Crippen molar-refractivity contribution in [3.05, 3.63) is 29.8 Å². The molecule has 1 aliphatic rings. The summed E-state index contributed by atoms with van der Waals surface area (Å²) in [5, 5.41) is 3.20. The highest BCUT2D eigenvalue weighted by Crippen LogP contribution is 2.23. The van der Waals surface area contributed by atoms with Crippen molar-refractivity contribution in [2.75, 3.05) is 20.7 Å². The monoisotopic (exact) mass is 304 g/mol. The number of nitrogens with one attached hydrogen (secondary N) is 1. The van der Waals surface area contributed by atoms with Crippen LogP contribution in [0.3, 0.4) is 0 Å². The molecule has 0 saturated heterocycles. The maximum absolute atomic E-state index is 12.2. The Morgan fingerprint density at radius 2 is 1.95 bits per heavy atom. The Balaban J connectivity index is 1.77. The summed E-state index contributed by atoms with van der Waals surface area (Å²) in [7, 11) is 3.64. The van der Waals surface area contributed by atoms with Crippen molar-refractivity contribution in [1.29, 1.82) is 0 Å². The van der Waals surface area contributed by atoms with E-state index in [2.05, 4.69) is 12.2 Å². The summed E-state index contributed by atoms with van der Waals surface area (Å²) in [6.07, 6.45) is 4.88. The summed E-state index contributed by atoms with van der Waals surface area (Å²) in [6, 6.07) is 8.34. The van der Waals surface area contributed by atoms with E-state index < -0.39 is 0 Å². The molecular weight excluding hydrogens is 276 g/mol. The molecule has 0 aromatic heterocycles. The summed E-state index contributed by atoms with van der Waals surface area (Å²) < 4.78 is 5.16. The smallest absolute Gasteiger partial charge is 0.234 e. The van der Waals surface area contributed by atoms with E-state index in [1.165, 1.54) is 24.8 Å². The van der Waals surface area contributed by atoms with Crippen molar-refractivity contribution in [3.8, 4) is 5.75 Å². The molecule has 0 unspecified atom stereocenters. The minimum absolute atomic E-state index is 0.134. The van der Waals surface area contributed by atoms with Crippen LogP contribution in [-0.4, -0.2) is 37.6 Å². The fourth-order valence-electron chi connectivity index (χ4n) is 3.13. The number of carbonyl (C=O) groups is 1. The Labute approximate surface area is 133 Å². The highest BCUT2D eigenvalue weighted by atomic mass is 16.5. The highest BCUT2D eigenvalue weighted by molar-refractivity contribution is 5.78. The van der Waals surface area contributed by atoms with Gasteiger partial charge in [-0.15, -0.1) is 0 Å². The number of rotatable bonds is 6. The largest absolute Gasteiger partial charge is 0.497 e. The number of benzene rings is 1. The van der Waals surface area contributed by atoms with E-state index in [1.54, 1.807) is 7.11 Å². The topological polar surface area (TPSA) is 41.6 Å². The van der Waals surface area contributed by atoms with Crippen LogP contribution in [0, 0.1) is 5.92 Å². The molecule has 122 valence electrons. The van der Waals surface area contributed by atoms with E-state index in [9.17, 15) is 4.79 Å². The molecule has 0 aliphatic heterocycles. The number of hydrogen-bond acceptors (Lipinski definition) is 3. The Morgan fingerprint density at radius 1 is 1.27 bits per heavy atom. The third-order valence-electron chi connectivity index (χ3n) is 4.48. The first-order valence-electron chi connectivity index (χ1n) is 8.19. The molecule has 4 nitrogen and oxygen atoms in total. The molecule has 1 N–H and O–H groups in total. The molecule has 2 rings (SSSR count). The molecule has 1 aromatic carbocycles. The van der Waals surface area contributed by atoms with Crippen molar-refractivity contribution < 1.29 is 9.53 Å². The minimum atomic E-state index is 0.134. The van der Waals surface area contributed by atoms with Gasteiger partial charge in [0.05, 0.1) is 13.7 Å². The molecule has 2 atom stereocenters. The van der Waals surface area contributed by atoms with E-state index in [0.717, 1.165) is 18.7 Å². The lowest BCUT2D eigenvalue weighted by Crippen LogP contribution is -2.44. The van der Waals surface area contributed by atoms with Gasteiger partial charge in [-0.1, -0.05) is 31.9 Å². The van der Waals surface area contributed by atoms with Gasteiger partial charge in [-0.25, -0.2) is 0 Å². The number of carbonyl (C=O) groups excluding carboxylic acids is 1. The fraction of sp³-hybridized carbons (Fsp3) is 0.611. The van der Waals surface area contributed by atoms with Crippen LogP contribution in [-0.2, 0) is 11.3 Å². The van der Waals surface area contributed by atoms with Crippen LogP contribution in [0.2, 0.25) is 0 Å². The number of ether oxygens (including phenoxy) is 1. The van der Waals surface area contributed by atoms with Crippen molar-refractivity contribution in [2.45, 2.75) is 45.2 Å². The van der Waals surface area contributed by atoms with E-state index in [1.807, 2.05) is 36.2 Å². The van der Waals surface area contributed by atoms with E-state index >= 15 is 0 Å². The van der Waals surface area contributed by atoms with Gasteiger partial charge < -0.3 is 10.1 Å². The van der Waals surface area contributed by atoms with Crippen LogP contribution >= 0.6 is 0 Å².